The van der Waals surface area contributed by atoms with Crippen molar-refractivity contribution in [1.82, 2.24) is 4.90 Å². The van der Waals surface area contributed by atoms with Gasteiger partial charge >= 0.3 is 6.09 Å². The minimum atomic E-state index is -0.281. The van der Waals surface area contributed by atoms with E-state index in [2.05, 4.69) is 0 Å². The number of rotatable bonds is 2. The molecule has 3 nitrogen and oxygen atoms in total. The van der Waals surface area contributed by atoms with Crippen molar-refractivity contribution in [2.45, 2.75) is 31.7 Å². The number of ether oxygens (including phenoxy) is 1. The van der Waals surface area contributed by atoms with Gasteiger partial charge in [0.15, 0.2) is 0 Å². The first-order chi connectivity index (χ1) is 8.70. The standard InChI is InChI=1S/C14H18FNO2/c1-18-14(17)16-8-3-2-7-13(16)10-11-5-4-6-12(15)9-11/h4-6,9,13H,2-3,7-8,10H2,1H3. The lowest BCUT2D eigenvalue weighted by Crippen LogP contribution is -2.44. The number of amides is 1. The zero-order chi connectivity index (χ0) is 13.0. The highest BCUT2D eigenvalue weighted by Crippen LogP contribution is 2.21. The van der Waals surface area contributed by atoms with E-state index < -0.39 is 0 Å². The number of hydrogen-bond acceptors (Lipinski definition) is 2. The SMILES string of the molecule is COC(=O)N1CCCCC1Cc1cccc(F)c1. The Bertz CT molecular complexity index is 422. The Morgan fingerprint density at radius 2 is 2.33 bits per heavy atom. The minimum absolute atomic E-state index is 0.119. The molecule has 98 valence electrons. The van der Waals surface area contributed by atoms with Crippen LogP contribution in [-0.4, -0.2) is 30.7 Å². The largest absolute Gasteiger partial charge is 0.453 e. The second-order valence-electron chi connectivity index (χ2n) is 4.65. The minimum Gasteiger partial charge on any atom is -0.453 e. The third-order valence-corrected chi connectivity index (χ3v) is 3.40. The zero-order valence-electron chi connectivity index (χ0n) is 10.6. The van der Waals surface area contributed by atoms with E-state index in [0.717, 1.165) is 31.4 Å². The van der Waals surface area contributed by atoms with Crippen molar-refractivity contribution in [3.63, 3.8) is 0 Å². The van der Waals surface area contributed by atoms with Gasteiger partial charge in [-0.25, -0.2) is 9.18 Å². The number of likely N-dealkylation sites (tertiary alicyclic amines) is 1. The maximum Gasteiger partial charge on any atom is 0.409 e. The highest BCUT2D eigenvalue weighted by molar-refractivity contribution is 5.68. The molecule has 1 aliphatic heterocycles. The number of nitrogens with zero attached hydrogens (tertiary/aromatic N) is 1. The molecular weight excluding hydrogens is 233 g/mol. The van der Waals surface area contributed by atoms with Crippen molar-refractivity contribution in [2.75, 3.05) is 13.7 Å². The molecule has 0 aromatic heterocycles. The van der Waals surface area contributed by atoms with Crippen molar-refractivity contribution < 1.29 is 13.9 Å². The summed E-state index contributed by atoms with van der Waals surface area (Å²) in [6.07, 6.45) is 3.47. The molecule has 1 aromatic rings. The highest BCUT2D eigenvalue weighted by Gasteiger charge is 2.27. The third-order valence-electron chi connectivity index (χ3n) is 3.40. The number of halogens is 1. The van der Waals surface area contributed by atoms with Crippen LogP contribution in [0.4, 0.5) is 9.18 Å². The number of carbonyl (C=O) groups excluding carboxylic acids is 1. The number of hydrogen-bond donors (Lipinski definition) is 0. The quantitative estimate of drug-likeness (QED) is 0.808. The van der Waals surface area contributed by atoms with Gasteiger partial charge in [0.2, 0.25) is 0 Å². The van der Waals surface area contributed by atoms with E-state index in [1.54, 1.807) is 11.0 Å². The van der Waals surface area contributed by atoms with Crippen LogP contribution in [0.25, 0.3) is 0 Å². The van der Waals surface area contributed by atoms with Crippen LogP contribution in [0.2, 0.25) is 0 Å². The predicted molar refractivity (Wildman–Crippen MR) is 66.9 cm³/mol. The fourth-order valence-corrected chi connectivity index (χ4v) is 2.51. The van der Waals surface area contributed by atoms with Crippen molar-refractivity contribution in [2.24, 2.45) is 0 Å². The summed E-state index contributed by atoms with van der Waals surface area (Å²) in [6.45, 7) is 0.729. The second kappa shape index (κ2) is 5.85. The summed E-state index contributed by atoms with van der Waals surface area (Å²) >= 11 is 0. The van der Waals surface area contributed by atoms with Crippen LogP contribution in [0.5, 0.6) is 0 Å². The molecule has 0 bridgehead atoms. The van der Waals surface area contributed by atoms with Crippen LogP contribution in [0.1, 0.15) is 24.8 Å². The molecule has 0 N–H and O–H groups in total. The lowest BCUT2D eigenvalue weighted by Gasteiger charge is -2.34. The summed E-state index contributed by atoms with van der Waals surface area (Å²) in [5.41, 5.74) is 0.927. The summed E-state index contributed by atoms with van der Waals surface area (Å²) in [5, 5.41) is 0. The van der Waals surface area contributed by atoms with Gasteiger partial charge in [-0.3, -0.25) is 0 Å². The van der Waals surface area contributed by atoms with E-state index in [-0.39, 0.29) is 18.0 Å². The molecule has 0 radical (unpaired) electrons. The van der Waals surface area contributed by atoms with Gasteiger partial charge in [-0.2, -0.15) is 0 Å². The summed E-state index contributed by atoms with van der Waals surface area (Å²) in [7, 11) is 1.40. The fourth-order valence-electron chi connectivity index (χ4n) is 2.51. The van der Waals surface area contributed by atoms with E-state index in [9.17, 15) is 9.18 Å². The lowest BCUT2D eigenvalue weighted by molar-refractivity contribution is 0.0895. The van der Waals surface area contributed by atoms with E-state index in [0.29, 0.717) is 6.42 Å². The Labute approximate surface area is 107 Å². The smallest absolute Gasteiger partial charge is 0.409 e. The fraction of sp³-hybridized carbons (Fsp3) is 0.500. The zero-order valence-corrected chi connectivity index (χ0v) is 10.6. The van der Waals surface area contributed by atoms with Gasteiger partial charge in [0.1, 0.15) is 5.82 Å². The molecule has 0 saturated carbocycles. The van der Waals surface area contributed by atoms with Crippen LogP contribution in [0.15, 0.2) is 24.3 Å². The first kappa shape index (κ1) is 12.9. The summed E-state index contributed by atoms with van der Waals surface area (Å²) in [4.78, 5) is 13.4. The maximum absolute atomic E-state index is 13.1. The molecule has 1 amide bonds. The Morgan fingerprint density at radius 3 is 3.06 bits per heavy atom. The van der Waals surface area contributed by atoms with Gasteiger partial charge in [-0.05, 0) is 43.4 Å². The van der Waals surface area contributed by atoms with Gasteiger partial charge in [0, 0.05) is 12.6 Å². The number of methoxy groups -OCH3 is 1. The molecule has 0 spiro atoms. The molecule has 1 aromatic carbocycles. The number of benzene rings is 1. The van der Waals surface area contributed by atoms with Crippen LogP contribution in [0.3, 0.4) is 0 Å². The van der Waals surface area contributed by atoms with Crippen LogP contribution >= 0.6 is 0 Å². The van der Waals surface area contributed by atoms with Gasteiger partial charge in [0.25, 0.3) is 0 Å². The molecule has 1 fully saturated rings. The topological polar surface area (TPSA) is 29.5 Å². The highest BCUT2D eigenvalue weighted by atomic mass is 19.1. The van der Waals surface area contributed by atoms with Crippen molar-refractivity contribution >= 4 is 6.09 Å². The molecule has 1 unspecified atom stereocenters. The molecule has 1 atom stereocenters. The number of piperidine rings is 1. The van der Waals surface area contributed by atoms with Crippen molar-refractivity contribution in [3.05, 3.63) is 35.6 Å². The Balaban J connectivity index is 2.07. The summed E-state index contributed by atoms with van der Waals surface area (Å²) < 4.78 is 17.9. The van der Waals surface area contributed by atoms with Crippen LogP contribution in [0, 0.1) is 5.82 Å². The average Bonchev–Trinajstić information content (AvgIpc) is 2.38. The average molecular weight is 251 g/mol. The van der Waals surface area contributed by atoms with E-state index in [1.807, 2.05) is 6.07 Å². The normalized spacial score (nSPS) is 19.7. The third kappa shape index (κ3) is 3.00. The van der Waals surface area contributed by atoms with Gasteiger partial charge < -0.3 is 9.64 Å². The monoisotopic (exact) mass is 251 g/mol. The Kier molecular flexibility index (Phi) is 4.18. The maximum atomic E-state index is 13.1. The summed E-state index contributed by atoms with van der Waals surface area (Å²) in [5.74, 6) is -0.229. The number of carbonyl (C=O) groups is 1. The Hall–Kier alpha value is -1.58. The summed E-state index contributed by atoms with van der Waals surface area (Å²) in [6, 6.07) is 6.68. The molecule has 2 rings (SSSR count). The lowest BCUT2D eigenvalue weighted by atomic mass is 9.96. The first-order valence-corrected chi connectivity index (χ1v) is 6.29. The predicted octanol–water partition coefficient (Wildman–Crippen LogP) is 2.99. The second-order valence-corrected chi connectivity index (χ2v) is 4.65. The molecule has 1 aliphatic rings. The van der Waals surface area contributed by atoms with Crippen LogP contribution < -0.4 is 0 Å². The van der Waals surface area contributed by atoms with Gasteiger partial charge in [-0.1, -0.05) is 12.1 Å². The first-order valence-electron chi connectivity index (χ1n) is 6.29. The van der Waals surface area contributed by atoms with E-state index in [4.69, 9.17) is 4.74 Å². The van der Waals surface area contributed by atoms with Crippen LogP contribution in [-0.2, 0) is 11.2 Å². The van der Waals surface area contributed by atoms with E-state index >= 15 is 0 Å². The molecule has 1 heterocycles. The molecule has 4 heteroatoms. The molecular formula is C14H18FNO2. The van der Waals surface area contributed by atoms with Gasteiger partial charge in [0.05, 0.1) is 7.11 Å². The Morgan fingerprint density at radius 1 is 1.50 bits per heavy atom. The molecule has 18 heavy (non-hydrogen) atoms. The van der Waals surface area contributed by atoms with Gasteiger partial charge in [-0.15, -0.1) is 0 Å². The molecule has 0 aliphatic carbocycles. The van der Waals surface area contributed by atoms with Crippen molar-refractivity contribution in [1.29, 1.82) is 0 Å². The molecule has 1 saturated heterocycles. The van der Waals surface area contributed by atoms with E-state index in [1.165, 1.54) is 19.2 Å². The van der Waals surface area contributed by atoms with Crippen molar-refractivity contribution in [3.8, 4) is 0 Å².